The van der Waals surface area contributed by atoms with Crippen molar-refractivity contribution in [1.82, 2.24) is 10.6 Å². The van der Waals surface area contributed by atoms with Gasteiger partial charge < -0.3 is 20.7 Å². The van der Waals surface area contributed by atoms with Crippen LogP contribution in [-0.2, 0) is 17.7 Å². The van der Waals surface area contributed by atoms with Gasteiger partial charge >= 0.3 is 0 Å². The van der Waals surface area contributed by atoms with Gasteiger partial charge in [0.1, 0.15) is 0 Å². The van der Waals surface area contributed by atoms with E-state index in [0.29, 0.717) is 13.2 Å². The third-order valence-corrected chi connectivity index (χ3v) is 4.13. The van der Waals surface area contributed by atoms with Crippen molar-refractivity contribution in [2.75, 3.05) is 38.7 Å². The molecule has 5 nitrogen and oxygen atoms in total. The summed E-state index contributed by atoms with van der Waals surface area (Å²) in [6.07, 6.45) is 2.15. The second-order valence-corrected chi connectivity index (χ2v) is 6.33. The lowest BCUT2D eigenvalue weighted by Crippen LogP contribution is -2.37. The molecule has 0 atom stereocenters. The molecule has 0 heterocycles. The van der Waals surface area contributed by atoms with Gasteiger partial charge in [-0.05, 0) is 43.0 Å². The molecule has 27 heavy (non-hydrogen) atoms. The van der Waals surface area contributed by atoms with Crippen molar-refractivity contribution in [1.29, 1.82) is 0 Å². The topological polar surface area (TPSA) is 57.7 Å². The molecular formula is C22H32N4O. The van der Waals surface area contributed by atoms with Gasteiger partial charge in [-0.15, -0.1) is 0 Å². The Morgan fingerprint density at radius 2 is 1.70 bits per heavy atom. The number of benzene rings is 2. The van der Waals surface area contributed by atoms with Gasteiger partial charge in [0.15, 0.2) is 5.96 Å². The van der Waals surface area contributed by atoms with Crippen molar-refractivity contribution < 1.29 is 4.74 Å². The van der Waals surface area contributed by atoms with E-state index in [2.05, 4.69) is 82.5 Å². The Morgan fingerprint density at radius 1 is 0.926 bits per heavy atom. The van der Waals surface area contributed by atoms with Gasteiger partial charge in [0.25, 0.3) is 0 Å². The van der Waals surface area contributed by atoms with Crippen LogP contribution in [0.15, 0.2) is 59.6 Å². The molecule has 3 N–H and O–H groups in total. The summed E-state index contributed by atoms with van der Waals surface area (Å²) in [4.78, 5) is 4.69. The van der Waals surface area contributed by atoms with E-state index in [1.165, 1.54) is 11.1 Å². The average molecular weight is 369 g/mol. The maximum absolute atomic E-state index is 5.05. The minimum atomic E-state index is 0.659. The van der Waals surface area contributed by atoms with Crippen LogP contribution in [0.1, 0.15) is 24.5 Å². The van der Waals surface area contributed by atoms with Crippen molar-refractivity contribution in [3.8, 4) is 0 Å². The number of methoxy groups -OCH3 is 1. The number of aliphatic imine (C=N–C) groups is 1. The fourth-order valence-corrected chi connectivity index (χ4v) is 2.68. The normalized spacial score (nSPS) is 11.3. The van der Waals surface area contributed by atoms with Gasteiger partial charge in [-0.1, -0.05) is 42.5 Å². The zero-order chi connectivity index (χ0) is 19.2. The smallest absolute Gasteiger partial charge is 0.191 e. The average Bonchev–Trinajstić information content (AvgIpc) is 2.71. The third kappa shape index (κ3) is 8.60. The van der Waals surface area contributed by atoms with Crippen LogP contribution < -0.4 is 16.0 Å². The van der Waals surface area contributed by atoms with E-state index in [1.54, 1.807) is 7.11 Å². The number of anilines is 1. The Hall–Kier alpha value is -2.53. The van der Waals surface area contributed by atoms with Gasteiger partial charge in [0.05, 0.1) is 13.2 Å². The van der Waals surface area contributed by atoms with Crippen molar-refractivity contribution >= 4 is 11.6 Å². The van der Waals surface area contributed by atoms with E-state index in [0.717, 1.165) is 44.1 Å². The van der Waals surface area contributed by atoms with E-state index in [4.69, 9.17) is 4.74 Å². The van der Waals surface area contributed by atoms with Crippen LogP contribution in [0.2, 0.25) is 0 Å². The predicted molar refractivity (Wildman–Crippen MR) is 114 cm³/mol. The molecule has 0 amide bonds. The summed E-state index contributed by atoms with van der Waals surface area (Å²) < 4.78 is 5.05. The number of aryl methyl sites for hydroxylation is 1. The number of guanidine groups is 1. The van der Waals surface area contributed by atoms with Gasteiger partial charge in [-0.2, -0.15) is 0 Å². The second-order valence-electron chi connectivity index (χ2n) is 6.33. The number of nitrogens with zero attached hydrogens (tertiary/aromatic N) is 1. The van der Waals surface area contributed by atoms with Gasteiger partial charge in [0, 0.05) is 32.4 Å². The van der Waals surface area contributed by atoms with Crippen LogP contribution in [-0.4, -0.2) is 39.3 Å². The molecule has 0 unspecified atom stereocenters. The summed E-state index contributed by atoms with van der Waals surface area (Å²) in [5.41, 5.74) is 3.67. The highest BCUT2D eigenvalue weighted by atomic mass is 16.5. The lowest BCUT2D eigenvalue weighted by Gasteiger charge is -2.11. The first-order valence-electron chi connectivity index (χ1n) is 9.69. The second kappa shape index (κ2) is 12.8. The van der Waals surface area contributed by atoms with Gasteiger partial charge in [-0.25, -0.2) is 4.99 Å². The molecule has 0 aliphatic rings. The lowest BCUT2D eigenvalue weighted by atomic mass is 10.1. The fraction of sp³-hybridized carbons (Fsp3) is 0.409. The minimum absolute atomic E-state index is 0.659. The van der Waals surface area contributed by atoms with E-state index in [9.17, 15) is 0 Å². The first-order valence-corrected chi connectivity index (χ1v) is 9.69. The number of hydrogen-bond donors (Lipinski definition) is 3. The molecule has 2 aromatic rings. The fourth-order valence-electron chi connectivity index (χ4n) is 2.68. The molecule has 0 aromatic heterocycles. The molecule has 0 aliphatic carbocycles. The molecule has 0 saturated carbocycles. The first kappa shape index (κ1) is 20.8. The minimum Gasteiger partial charge on any atom is -0.383 e. The molecule has 0 radical (unpaired) electrons. The molecule has 0 aliphatic heterocycles. The van der Waals surface area contributed by atoms with E-state index >= 15 is 0 Å². The highest BCUT2D eigenvalue weighted by molar-refractivity contribution is 5.79. The Kier molecular flexibility index (Phi) is 9.82. The quantitative estimate of drug-likeness (QED) is 0.323. The summed E-state index contributed by atoms with van der Waals surface area (Å²) in [5, 5.41) is 10.0. The van der Waals surface area contributed by atoms with E-state index in [1.807, 2.05) is 0 Å². The summed E-state index contributed by atoms with van der Waals surface area (Å²) in [6.45, 7) is 6.02. The first-order chi connectivity index (χ1) is 13.3. The number of hydrogen-bond acceptors (Lipinski definition) is 3. The Bertz CT molecular complexity index is 656. The largest absolute Gasteiger partial charge is 0.383 e. The molecular weight excluding hydrogens is 336 g/mol. The standard InChI is InChI=1S/C22H32N4O/c1-3-23-22(25-15-7-10-19-8-5-4-6-9-19)26-18-20-11-13-21(14-12-20)24-16-17-27-2/h4-6,8-9,11-14,24H,3,7,10,15-18H2,1-2H3,(H2,23,25,26). The summed E-state index contributed by atoms with van der Waals surface area (Å²) in [6, 6.07) is 19.0. The van der Waals surface area contributed by atoms with Crippen LogP contribution in [0.3, 0.4) is 0 Å². The number of ether oxygens (including phenoxy) is 1. The lowest BCUT2D eigenvalue weighted by molar-refractivity contribution is 0.211. The van der Waals surface area contributed by atoms with Crippen LogP contribution >= 0.6 is 0 Å². The van der Waals surface area contributed by atoms with Crippen molar-refractivity contribution in [3.05, 3.63) is 65.7 Å². The summed E-state index contributed by atoms with van der Waals surface area (Å²) >= 11 is 0. The Morgan fingerprint density at radius 3 is 2.41 bits per heavy atom. The zero-order valence-electron chi connectivity index (χ0n) is 16.5. The molecule has 146 valence electrons. The predicted octanol–water partition coefficient (Wildman–Crippen LogP) is 3.43. The molecule has 2 aromatic carbocycles. The maximum Gasteiger partial charge on any atom is 0.191 e. The zero-order valence-corrected chi connectivity index (χ0v) is 16.5. The molecule has 0 fully saturated rings. The molecule has 0 spiro atoms. The highest BCUT2D eigenvalue weighted by Crippen LogP contribution is 2.10. The molecule has 2 rings (SSSR count). The van der Waals surface area contributed by atoms with Crippen molar-refractivity contribution in [2.45, 2.75) is 26.3 Å². The monoisotopic (exact) mass is 368 g/mol. The SMILES string of the molecule is CCNC(=NCc1ccc(NCCOC)cc1)NCCCc1ccccc1. The van der Waals surface area contributed by atoms with Crippen LogP contribution in [0.25, 0.3) is 0 Å². The molecule has 5 heteroatoms. The Balaban J connectivity index is 1.76. The summed E-state index contributed by atoms with van der Waals surface area (Å²) in [5.74, 6) is 0.868. The number of nitrogens with one attached hydrogen (secondary N) is 3. The molecule has 0 bridgehead atoms. The van der Waals surface area contributed by atoms with Crippen molar-refractivity contribution in [2.24, 2.45) is 4.99 Å². The van der Waals surface area contributed by atoms with Gasteiger partial charge in [-0.3, -0.25) is 0 Å². The third-order valence-electron chi connectivity index (χ3n) is 4.13. The van der Waals surface area contributed by atoms with Crippen LogP contribution in [0.4, 0.5) is 5.69 Å². The number of rotatable bonds is 11. The molecule has 0 saturated heterocycles. The summed E-state index contributed by atoms with van der Waals surface area (Å²) in [7, 11) is 1.71. The van der Waals surface area contributed by atoms with Crippen LogP contribution in [0, 0.1) is 0 Å². The Labute approximate surface area is 163 Å². The maximum atomic E-state index is 5.05. The van der Waals surface area contributed by atoms with E-state index < -0.39 is 0 Å². The van der Waals surface area contributed by atoms with E-state index in [-0.39, 0.29) is 0 Å². The van der Waals surface area contributed by atoms with Crippen molar-refractivity contribution in [3.63, 3.8) is 0 Å². The highest BCUT2D eigenvalue weighted by Gasteiger charge is 1.99. The van der Waals surface area contributed by atoms with Gasteiger partial charge in [0.2, 0.25) is 0 Å². The van der Waals surface area contributed by atoms with Crippen LogP contribution in [0.5, 0.6) is 0 Å².